The van der Waals surface area contributed by atoms with Crippen LogP contribution in [0.25, 0.3) is 0 Å². The summed E-state index contributed by atoms with van der Waals surface area (Å²) < 4.78 is 0. The third-order valence-corrected chi connectivity index (χ3v) is 0.129. The van der Waals surface area contributed by atoms with Crippen LogP contribution in [0.3, 0.4) is 0 Å². The van der Waals surface area contributed by atoms with E-state index in [4.69, 9.17) is 10.8 Å². The van der Waals surface area contributed by atoms with Crippen molar-refractivity contribution < 1.29 is 5.11 Å². The molecule has 0 fully saturated rings. The van der Waals surface area contributed by atoms with Crippen molar-refractivity contribution in [2.24, 2.45) is 5.73 Å². The van der Waals surface area contributed by atoms with Gasteiger partial charge < -0.3 is 10.8 Å². The van der Waals surface area contributed by atoms with Gasteiger partial charge in [-0.15, -0.1) is 0 Å². The van der Waals surface area contributed by atoms with Crippen molar-refractivity contribution in [2.45, 2.75) is 20.3 Å². The zero-order chi connectivity index (χ0) is 6.12. The fourth-order valence-electron chi connectivity index (χ4n) is 0. The predicted octanol–water partition coefficient (Wildman–Crippen LogP) is 0.354. The molecule has 0 amide bonds. The van der Waals surface area contributed by atoms with Crippen LogP contribution in [0.5, 0.6) is 0 Å². The first-order chi connectivity index (χ1) is 3.33. The topological polar surface area (TPSA) is 46.2 Å². The summed E-state index contributed by atoms with van der Waals surface area (Å²) in [5.41, 5.74) is 4.78. The standard InChI is InChI=1S/C3H8.C2H7NO/c1-3-2;3-1-2-4/h3H2,1-2H3;4H,1-3H2. The molecule has 46 valence electrons. The summed E-state index contributed by atoms with van der Waals surface area (Å²) in [6, 6.07) is 0. The molecule has 0 aromatic heterocycles. The van der Waals surface area contributed by atoms with Crippen molar-refractivity contribution in [2.75, 3.05) is 13.2 Å². The quantitative estimate of drug-likeness (QED) is 0.505. The van der Waals surface area contributed by atoms with Crippen LogP contribution in [0.15, 0.2) is 0 Å². The maximum atomic E-state index is 7.75. The first kappa shape index (κ1) is 10.0. The van der Waals surface area contributed by atoms with Gasteiger partial charge >= 0.3 is 0 Å². The van der Waals surface area contributed by atoms with E-state index in [1.54, 1.807) is 0 Å². The molecular weight excluding hydrogens is 90.1 g/mol. The van der Waals surface area contributed by atoms with Crippen LogP contribution in [0.2, 0.25) is 0 Å². The largest absolute Gasteiger partial charge is 0.395 e. The molecule has 0 atom stereocenters. The Morgan fingerprint density at radius 3 is 1.57 bits per heavy atom. The average Bonchev–Trinajstić information content (AvgIpc) is 1.69. The lowest BCUT2D eigenvalue weighted by molar-refractivity contribution is 0.306. The highest BCUT2D eigenvalue weighted by Crippen LogP contribution is 1.56. The SMILES string of the molecule is CCC.NCCO. The third kappa shape index (κ3) is 107. The fourth-order valence-corrected chi connectivity index (χ4v) is 0. The Labute approximate surface area is 45.3 Å². The lowest BCUT2D eigenvalue weighted by Gasteiger charge is -1.71. The van der Waals surface area contributed by atoms with Gasteiger partial charge in [-0.3, -0.25) is 0 Å². The van der Waals surface area contributed by atoms with E-state index in [9.17, 15) is 0 Å². The van der Waals surface area contributed by atoms with E-state index in [0.717, 1.165) is 0 Å². The molecule has 0 unspecified atom stereocenters. The van der Waals surface area contributed by atoms with E-state index in [-0.39, 0.29) is 6.61 Å². The molecule has 7 heavy (non-hydrogen) atoms. The molecule has 0 saturated heterocycles. The molecule has 0 bridgehead atoms. The van der Waals surface area contributed by atoms with Gasteiger partial charge in [-0.1, -0.05) is 20.3 Å². The van der Waals surface area contributed by atoms with E-state index in [2.05, 4.69) is 13.8 Å². The molecule has 0 radical (unpaired) electrons. The molecule has 3 N–H and O–H groups in total. The van der Waals surface area contributed by atoms with Crippen molar-refractivity contribution in [3.8, 4) is 0 Å². The van der Waals surface area contributed by atoms with Gasteiger partial charge in [0.2, 0.25) is 0 Å². The summed E-state index contributed by atoms with van der Waals surface area (Å²) in [5.74, 6) is 0. The van der Waals surface area contributed by atoms with Crippen LogP contribution in [0.1, 0.15) is 20.3 Å². The number of rotatable bonds is 1. The normalized spacial score (nSPS) is 6.86. The Kier molecular flexibility index (Phi) is 24.1. The lowest BCUT2D eigenvalue weighted by Crippen LogP contribution is -2.02. The Bertz CT molecular complexity index is 15.6. The zero-order valence-electron chi connectivity index (χ0n) is 5.15. The van der Waals surface area contributed by atoms with Crippen molar-refractivity contribution in [3.05, 3.63) is 0 Å². The molecular formula is C5H15NO. The van der Waals surface area contributed by atoms with Gasteiger partial charge in [0.25, 0.3) is 0 Å². The van der Waals surface area contributed by atoms with Gasteiger partial charge in [0.05, 0.1) is 6.61 Å². The minimum atomic E-state index is 0.0972. The van der Waals surface area contributed by atoms with Crippen LogP contribution < -0.4 is 5.73 Å². The van der Waals surface area contributed by atoms with E-state index >= 15 is 0 Å². The van der Waals surface area contributed by atoms with E-state index in [1.807, 2.05) is 0 Å². The van der Waals surface area contributed by atoms with E-state index in [1.165, 1.54) is 6.42 Å². The molecule has 0 spiro atoms. The molecule has 0 aromatic carbocycles. The average molecular weight is 105 g/mol. The molecule has 0 rings (SSSR count). The summed E-state index contributed by atoms with van der Waals surface area (Å²) in [7, 11) is 0. The van der Waals surface area contributed by atoms with Crippen LogP contribution in [0.4, 0.5) is 0 Å². The molecule has 0 heterocycles. The number of nitrogens with two attached hydrogens (primary N) is 1. The number of aliphatic hydroxyl groups excluding tert-OH is 1. The predicted molar refractivity (Wildman–Crippen MR) is 32.1 cm³/mol. The van der Waals surface area contributed by atoms with Gasteiger partial charge in [-0.2, -0.15) is 0 Å². The third-order valence-electron chi connectivity index (χ3n) is 0.129. The molecule has 0 aliphatic rings. The van der Waals surface area contributed by atoms with Crippen molar-refractivity contribution in [3.63, 3.8) is 0 Å². The molecule has 2 nitrogen and oxygen atoms in total. The van der Waals surface area contributed by atoms with Crippen LogP contribution >= 0.6 is 0 Å². The molecule has 2 heteroatoms. The van der Waals surface area contributed by atoms with E-state index < -0.39 is 0 Å². The highest BCUT2D eigenvalue weighted by atomic mass is 16.3. The highest BCUT2D eigenvalue weighted by Gasteiger charge is 1.56. The molecule has 0 saturated carbocycles. The smallest absolute Gasteiger partial charge is 0.0553 e. The summed E-state index contributed by atoms with van der Waals surface area (Å²) >= 11 is 0. The van der Waals surface area contributed by atoms with Crippen LogP contribution in [-0.2, 0) is 0 Å². The second kappa shape index (κ2) is 16.8. The second-order valence-corrected chi connectivity index (χ2v) is 1.22. The molecule has 0 aliphatic carbocycles. The van der Waals surface area contributed by atoms with E-state index in [0.29, 0.717) is 6.54 Å². The Hall–Kier alpha value is -0.0800. The number of aliphatic hydroxyl groups is 1. The fraction of sp³-hybridized carbons (Fsp3) is 1.00. The maximum Gasteiger partial charge on any atom is 0.0553 e. The monoisotopic (exact) mass is 105 g/mol. The summed E-state index contributed by atoms with van der Waals surface area (Å²) in [6.45, 7) is 4.72. The number of hydrogen-bond donors (Lipinski definition) is 2. The van der Waals surface area contributed by atoms with Gasteiger partial charge in [-0.05, 0) is 0 Å². The summed E-state index contributed by atoms with van der Waals surface area (Å²) in [5, 5.41) is 7.75. The molecule has 0 aliphatic heterocycles. The zero-order valence-corrected chi connectivity index (χ0v) is 5.15. The highest BCUT2D eigenvalue weighted by molar-refractivity contribution is 4.17. The first-order valence-electron chi connectivity index (χ1n) is 2.64. The van der Waals surface area contributed by atoms with Gasteiger partial charge in [0, 0.05) is 6.54 Å². The van der Waals surface area contributed by atoms with Gasteiger partial charge in [0.1, 0.15) is 0 Å². The van der Waals surface area contributed by atoms with Gasteiger partial charge in [0.15, 0.2) is 0 Å². The van der Waals surface area contributed by atoms with Crippen molar-refractivity contribution in [1.29, 1.82) is 0 Å². The number of hydrogen-bond acceptors (Lipinski definition) is 2. The minimum absolute atomic E-state index is 0.0972. The Morgan fingerprint density at radius 1 is 1.43 bits per heavy atom. The summed E-state index contributed by atoms with van der Waals surface area (Å²) in [4.78, 5) is 0. The Morgan fingerprint density at radius 2 is 1.57 bits per heavy atom. The van der Waals surface area contributed by atoms with Crippen LogP contribution in [-0.4, -0.2) is 18.3 Å². The minimum Gasteiger partial charge on any atom is -0.395 e. The maximum absolute atomic E-state index is 7.75. The van der Waals surface area contributed by atoms with Gasteiger partial charge in [-0.25, -0.2) is 0 Å². The lowest BCUT2D eigenvalue weighted by atomic mass is 10.6. The van der Waals surface area contributed by atoms with Crippen molar-refractivity contribution in [1.82, 2.24) is 0 Å². The second-order valence-electron chi connectivity index (χ2n) is 1.22. The molecule has 0 aromatic rings. The van der Waals surface area contributed by atoms with Crippen molar-refractivity contribution >= 4 is 0 Å². The Balaban J connectivity index is 0. The first-order valence-corrected chi connectivity index (χ1v) is 2.64. The van der Waals surface area contributed by atoms with Crippen LogP contribution in [0, 0.1) is 0 Å². The summed E-state index contributed by atoms with van der Waals surface area (Å²) in [6.07, 6.45) is 1.25.